The van der Waals surface area contributed by atoms with Crippen LogP contribution in [0.4, 0.5) is 4.39 Å². The van der Waals surface area contributed by atoms with Crippen LogP contribution in [0.15, 0.2) is 47.2 Å². The summed E-state index contributed by atoms with van der Waals surface area (Å²) >= 11 is 5.85. The van der Waals surface area contributed by atoms with E-state index in [2.05, 4.69) is 25.9 Å². The van der Waals surface area contributed by atoms with Crippen molar-refractivity contribution < 1.29 is 9.50 Å². The fraction of sp³-hybridized carbons (Fsp3) is 0.400. The first-order chi connectivity index (χ1) is 13.6. The summed E-state index contributed by atoms with van der Waals surface area (Å²) in [6.45, 7) is 7.21. The van der Waals surface area contributed by atoms with Gasteiger partial charge in [0, 0.05) is 25.1 Å². The van der Waals surface area contributed by atoms with Crippen molar-refractivity contribution in [2.24, 2.45) is 0 Å². The number of hydrogen-bond donors (Lipinski definition) is 4. The van der Waals surface area contributed by atoms with Crippen molar-refractivity contribution in [3.8, 4) is 0 Å². The van der Waals surface area contributed by atoms with Gasteiger partial charge in [0.05, 0.1) is 22.8 Å². The van der Waals surface area contributed by atoms with Gasteiger partial charge in [0.15, 0.2) is 11.6 Å². The van der Waals surface area contributed by atoms with Crippen LogP contribution in [0.1, 0.15) is 32.3 Å². The molecule has 1 aromatic carbocycles. The Balaban J connectivity index is 0.000000342. The van der Waals surface area contributed by atoms with Crippen molar-refractivity contribution in [1.82, 2.24) is 25.9 Å². The normalized spacial score (nSPS) is 15.6. The summed E-state index contributed by atoms with van der Waals surface area (Å²) in [6.07, 6.45) is 7.37. The number of benzene rings is 1. The maximum Gasteiger partial charge on any atom is 0.156 e. The number of nitrogens with zero attached hydrogens (tertiary/aromatic N) is 2. The number of dihydropyridines is 1. The minimum atomic E-state index is -0.425. The number of aliphatic hydroxyl groups excluding tert-OH is 1. The fourth-order valence-corrected chi connectivity index (χ4v) is 2.87. The zero-order valence-corrected chi connectivity index (χ0v) is 17.0. The number of aliphatic hydroxyl groups is 1. The van der Waals surface area contributed by atoms with Crippen molar-refractivity contribution >= 4 is 22.6 Å². The summed E-state index contributed by atoms with van der Waals surface area (Å²) < 4.78 is 13.9. The van der Waals surface area contributed by atoms with Crippen molar-refractivity contribution in [1.29, 1.82) is 0 Å². The molecule has 28 heavy (non-hydrogen) atoms. The molecule has 6 nitrogen and oxygen atoms in total. The standard InChI is InChI=1S/C14H12ClFN4O.C4H9N.C2H6/c15-9-6-17-7-12(14(9)21)20-5-8-3-10(16)13-11(4-8)18-1-2-19-13;1-2-4-5-3-1;1-2/h1-4,7,17,20-21H,5-6H2;5H,1-4H2;1-2H3. The summed E-state index contributed by atoms with van der Waals surface area (Å²) in [5, 5.41) is 19.3. The van der Waals surface area contributed by atoms with E-state index >= 15 is 0 Å². The molecule has 0 aliphatic carbocycles. The van der Waals surface area contributed by atoms with Crippen molar-refractivity contribution in [2.75, 3.05) is 19.6 Å². The predicted molar refractivity (Wildman–Crippen MR) is 111 cm³/mol. The molecule has 1 aromatic heterocycles. The Kier molecular flexibility index (Phi) is 8.97. The molecule has 0 spiro atoms. The van der Waals surface area contributed by atoms with Crippen LogP contribution in [0.3, 0.4) is 0 Å². The van der Waals surface area contributed by atoms with Crippen LogP contribution >= 0.6 is 11.6 Å². The number of halogens is 2. The lowest BCUT2D eigenvalue weighted by Gasteiger charge is -2.17. The largest absolute Gasteiger partial charge is 0.504 e. The van der Waals surface area contributed by atoms with Crippen LogP contribution in [0, 0.1) is 5.82 Å². The van der Waals surface area contributed by atoms with Gasteiger partial charge >= 0.3 is 0 Å². The average Bonchev–Trinajstić information content (AvgIpc) is 3.31. The molecule has 3 heterocycles. The molecule has 0 radical (unpaired) electrons. The second-order valence-electron chi connectivity index (χ2n) is 6.00. The maximum absolute atomic E-state index is 13.9. The summed E-state index contributed by atoms with van der Waals surface area (Å²) in [4.78, 5) is 8.04. The fourth-order valence-electron chi connectivity index (χ4n) is 2.69. The number of fused-ring (bicyclic) bond motifs is 1. The molecule has 0 amide bonds. The van der Waals surface area contributed by atoms with E-state index < -0.39 is 5.82 Å². The monoisotopic (exact) mass is 407 g/mol. The highest BCUT2D eigenvalue weighted by atomic mass is 35.5. The van der Waals surface area contributed by atoms with Crippen LogP contribution < -0.4 is 16.0 Å². The highest BCUT2D eigenvalue weighted by Gasteiger charge is 2.13. The number of rotatable bonds is 3. The smallest absolute Gasteiger partial charge is 0.156 e. The average molecular weight is 408 g/mol. The van der Waals surface area contributed by atoms with Crippen molar-refractivity contribution in [3.63, 3.8) is 0 Å². The third kappa shape index (κ3) is 6.07. The van der Waals surface area contributed by atoms with E-state index in [0.29, 0.717) is 34.9 Å². The topological polar surface area (TPSA) is 82.1 Å². The van der Waals surface area contributed by atoms with Gasteiger partial charge < -0.3 is 21.1 Å². The Bertz CT molecular complexity index is 829. The highest BCUT2D eigenvalue weighted by molar-refractivity contribution is 6.30. The SMILES string of the molecule is C1CCNC1.CC.OC1=C(Cl)CNC=C1NCc1cc(F)c2nccnc2c1. The van der Waals surface area contributed by atoms with Crippen LogP contribution in [0.2, 0.25) is 0 Å². The molecule has 152 valence electrons. The van der Waals surface area contributed by atoms with E-state index in [0.717, 1.165) is 0 Å². The quantitative estimate of drug-likeness (QED) is 0.621. The van der Waals surface area contributed by atoms with Gasteiger partial charge in [0.2, 0.25) is 0 Å². The zero-order valence-electron chi connectivity index (χ0n) is 16.2. The summed E-state index contributed by atoms with van der Waals surface area (Å²) in [7, 11) is 0. The van der Waals surface area contributed by atoms with E-state index in [-0.39, 0.29) is 11.3 Å². The highest BCUT2D eigenvalue weighted by Crippen LogP contribution is 2.18. The van der Waals surface area contributed by atoms with Gasteiger partial charge in [-0.05, 0) is 43.6 Å². The maximum atomic E-state index is 13.9. The van der Waals surface area contributed by atoms with E-state index in [1.807, 2.05) is 13.8 Å². The molecule has 8 heteroatoms. The minimum Gasteiger partial charge on any atom is -0.504 e. The number of hydrogen-bond acceptors (Lipinski definition) is 6. The Labute approximate surface area is 169 Å². The molecule has 4 rings (SSSR count). The molecule has 0 atom stereocenters. The van der Waals surface area contributed by atoms with Gasteiger partial charge in [-0.1, -0.05) is 25.4 Å². The van der Waals surface area contributed by atoms with Crippen molar-refractivity contribution in [3.05, 3.63) is 58.6 Å². The van der Waals surface area contributed by atoms with Gasteiger partial charge in [-0.3, -0.25) is 4.98 Å². The van der Waals surface area contributed by atoms with Crippen LogP contribution in [-0.2, 0) is 6.54 Å². The predicted octanol–water partition coefficient (Wildman–Crippen LogP) is 3.71. The molecule has 1 fully saturated rings. The van der Waals surface area contributed by atoms with E-state index in [1.54, 1.807) is 12.3 Å². The number of nitrogens with one attached hydrogen (secondary N) is 3. The van der Waals surface area contributed by atoms with E-state index in [4.69, 9.17) is 11.6 Å². The van der Waals surface area contributed by atoms with E-state index in [1.165, 1.54) is 44.4 Å². The first-order valence-electron chi connectivity index (χ1n) is 9.50. The molecule has 4 N–H and O–H groups in total. The lowest BCUT2D eigenvalue weighted by molar-refractivity contribution is 0.404. The van der Waals surface area contributed by atoms with Gasteiger partial charge in [0.25, 0.3) is 0 Å². The molecule has 2 aliphatic heterocycles. The second kappa shape index (κ2) is 11.5. The first kappa shape index (κ1) is 21.9. The number of aromatic nitrogens is 2. The minimum absolute atomic E-state index is 0.00327. The first-order valence-corrected chi connectivity index (χ1v) is 9.88. The van der Waals surface area contributed by atoms with Gasteiger partial charge in [-0.25, -0.2) is 9.37 Å². The lowest BCUT2D eigenvalue weighted by atomic mass is 10.1. The summed E-state index contributed by atoms with van der Waals surface area (Å²) in [5.74, 6) is -0.428. The summed E-state index contributed by atoms with van der Waals surface area (Å²) in [6, 6.07) is 3.14. The Morgan fingerprint density at radius 3 is 2.57 bits per heavy atom. The summed E-state index contributed by atoms with van der Waals surface area (Å²) in [5.41, 5.74) is 1.88. The third-order valence-electron chi connectivity index (χ3n) is 4.04. The Morgan fingerprint density at radius 1 is 1.18 bits per heavy atom. The van der Waals surface area contributed by atoms with Crippen LogP contribution in [-0.4, -0.2) is 34.7 Å². The molecule has 1 saturated heterocycles. The van der Waals surface area contributed by atoms with Crippen LogP contribution in [0.25, 0.3) is 11.0 Å². The third-order valence-corrected chi connectivity index (χ3v) is 4.36. The molecule has 2 aromatic rings. The molecule has 2 aliphatic rings. The van der Waals surface area contributed by atoms with Gasteiger partial charge in [-0.2, -0.15) is 0 Å². The molecule has 0 bridgehead atoms. The molecule has 0 saturated carbocycles. The van der Waals surface area contributed by atoms with Crippen LogP contribution in [0.5, 0.6) is 0 Å². The van der Waals surface area contributed by atoms with Crippen molar-refractivity contribution in [2.45, 2.75) is 33.2 Å². The molecular formula is C20H27ClFN5O. The Morgan fingerprint density at radius 2 is 1.89 bits per heavy atom. The van der Waals surface area contributed by atoms with Gasteiger partial charge in [0.1, 0.15) is 5.52 Å². The lowest BCUT2D eigenvalue weighted by Crippen LogP contribution is -2.24. The Hall–Kier alpha value is -2.38. The molecule has 0 unspecified atom stereocenters. The van der Waals surface area contributed by atoms with Gasteiger partial charge in [-0.15, -0.1) is 0 Å². The zero-order chi connectivity index (χ0) is 20.4. The molecular weight excluding hydrogens is 381 g/mol. The second-order valence-corrected chi connectivity index (χ2v) is 6.46. The van der Waals surface area contributed by atoms with E-state index in [9.17, 15) is 9.50 Å².